The molecule has 0 spiro atoms. The molecule has 0 aromatic rings. The minimum atomic E-state index is 0.794. The topological polar surface area (TPSA) is 12.0 Å². The molecule has 0 aromatic carbocycles. The molecule has 76 valence electrons. The van der Waals surface area contributed by atoms with Gasteiger partial charge in [0.05, 0.1) is 0 Å². The van der Waals surface area contributed by atoms with Gasteiger partial charge in [0.15, 0.2) is 0 Å². The summed E-state index contributed by atoms with van der Waals surface area (Å²) in [4.78, 5) is 0. The second-order valence-electron chi connectivity index (χ2n) is 3.75. The van der Waals surface area contributed by atoms with Crippen LogP contribution in [-0.4, -0.2) is 24.1 Å². The fraction of sp³-hybridized carbons (Fsp3) is 0.818. The van der Waals surface area contributed by atoms with E-state index >= 15 is 0 Å². The van der Waals surface area contributed by atoms with Gasteiger partial charge in [-0.2, -0.15) is 11.8 Å². The first-order valence-electron chi connectivity index (χ1n) is 5.24. The van der Waals surface area contributed by atoms with Crippen molar-refractivity contribution in [2.45, 2.75) is 43.4 Å². The molecule has 1 rings (SSSR count). The molecule has 0 bridgehead atoms. The van der Waals surface area contributed by atoms with Crippen LogP contribution in [0.4, 0.5) is 0 Å². The van der Waals surface area contributed by atoms with Crippen LogP contribution in [0.3, 0.4) is 0 Å². The normalized spacial score (nSPS) is 27.8. The lowest BCUT2D eigenvalue weighted by atomic mass is 10.2. The molecule has 0 heterocycles. The fourth-order valence-electron chi connectivity index (χ4n) is 1.89. The van der Waals surface area contributed by atoms with Crippen molar-refractivity contribution in [1.82, 2.24) is 5.32 Å². The van der Waals surface area contributed by atoms with Crippen LogP contribution in [-0.2, 0) is 0 Å². The highest BCUT2D eigenvalue weighted by Gasteiger charge is 2.22. The van der Waals surface area contributed by atoms with Crippen LogP contribution in [0.15, 0.2) is 12.7 Å². The molecule has 2 unspecified atom stereocenters. The van der Waals surface area contributed by atoms with Gasteiger partial charge in [0.2, 0.25) is 0 Å². The monoisotopic (exact) mass is 199 g/mol. The first kappa shape index (κ1) is 11.1. The molecule has 0 radical (unpaired) electrons. The Morgan fingerprint density at radius 3 is 3.00 bits per heavy atom. The van der Waals surface area contributed by atoms with Crippen LogP contribution < -0.4 is 5.32 Å². The van der Waals surface area contributed by atoms with E-state index in [0.29, 0.717) is 0 Å². The maximum absolute atomic E-state index is 3.72. The Bertz CT molecular complexity index is 147. The Morgan fingerprint density at radius 2 is 2.38 bits per heavy atom. The second kappa shape index (κ2) is 6.50. The van der Waals surface area contributed by atoms with E-state index in [-0.39, 0.29) is 0 Å². The molecule has 13 heavy (non-hydrogen) atoms. The maximum atomic E-state index is 3.72. The van der Waals surface area contributed by atoms with E-state index in [1.807, 2.05) is 17.8 Å². The Kier molecular flexibility index (Phi) is 5.56. The van der Waals surface area contributed by atoms with Crippen LogP contribution in [0, 0.1) is 0 Å². The third-order valence-electron chi connectivity index (χ3n) is 2.74. The SMILES string of the molecule is C=CCCCNC1CCC(SC)C1. The number of hydrogen-bond donors (Lipinski definition) is 1. The molecule has 0 aliphatic heterocycles. The lowest BCUT2D eigenvalue weighted by Crippen LogP contribution is -2.27. The van der Waals surface area contributed by atoms with Gasteiger partial charge in [0.1, 0.15) is 0 Å². The molecular formula is C11H21NS. The highest BCUT2D eigenvalue weighted by Crippen LogP contribution is 2.27. The van der Waals surface area contributed by atoms with Gasteiger partial charge in [0, 0.05) is 11.3 Å². The lowest BCUT2D eigenvalue weighted by Gasteiger charge is -2.11. The van der Waals surface area contributed by atoms with Crippen LogP contribution in [0.2, 0.25) is 0 Å². The van der Waals surface area contributed by atoms with E-state index in [2.05, 4.69) is 18.2 Å². The van der Waals surface area contributed by atoms with E-state index < -0.39 is 0 Å². The van der Waals surface area contributed by atoms with Crippen molar-refractivity contribution >= 4 is 11.8 Å². The average Bonchev–Trinajstić information content (AvgIpc) is 2.60. The maximum Gasteiger partial charge on any atom is 0.00779 e. The molecule has 1 aliphatic carbocycles. The third kappa shape index (κ3) is 4.19. The summed E-state index contributed by atoms with van der Waals surface area (Å²) in [6.45, 7) is 4.89. The van der Waals surface area contributed by atoms with Crippen molar-refractivity contribution in [3.8, 4) is 0 Å². The summed E-state index contributed by atoms with van der Waals surface area (Å²) < 4.78 is 0. The summed E-state index contributed by atoms with van der Waals surface area (Å²) >= 11 is 2.02. The summed E-state index contributed by atoms with van der Waals surface area (Å²) in [5, 5.41) is 4.53. The molecule has 2 heteroatoms. The first-order chi connectivity index (χ1) is 6.36. The summed E-state index contributed by atoms with van der Waals surface area (Å²) in [5.41, 5.74) is 0. The number of allylic oxidation sites excluding steroid dienone is 1. The quantitative estimate of drug-likeness (QED) is 0.521. The zero-order valence-electron chi connectivity index (χ0n) is 8.59. The number of nitrogens with one attached hydrogen (secondary N) is 1. The average molecular weight is 199 g/mol. The zero-order chi connectivity index (χ0) is 9.52. The minimum Gasteiger partial charge on any atom is -0.314 e. The van der Waals surface area contributed by atoms with Crippen molar-refractivity contribution in [1.29, 1.82) is 0 Å². The minimum absolute atomic E-state index is 0.794. The molecule has 1 nitrogen and oxygen atoms in total. The van der Waals surface area contributed by atoms with Crippen molar-refractivity contribution in [2.75, 3.05) is 12.8 Å². The highest BCUT2D eigenvalue weighted by atomic mass is 32.2. The second-order valence-corrected chi connectivity index (χ2v) is 4.89. The predicted molar refractivity (Wildman–Crippen MR) is 62.4 cm³/mol. The van der Waals surface area contributed by atoms with Gasteiger partial charge in [-0.15, -0.1) is 6.58 Å². The van der Waals surface area contributed by atoms with Gasteiger partial charge < -0.3 is 5.32 Å². The molecule has 1 fully saturated rings. The van der Waals surface area contributed by atoms with E-state index in [9.17, 15) is 0 Å². The molecule has 0 saturated heterocycles. The van der Waals surface area contributed by atoms with E-state index in [1.54, 1.807) is 0 Å². The standard InChI is InChI=1S/C11H21NS/c1-3-4-5-8-12-10-6-7-11(9-10)13-2/h3,10-12H,1,4-9H2,2H3. The zero-order valence-corrected chi connectivity index (χ0v) is 9.41. The van der Waals surface area contributed by atoms with Gasteiger partial charge in [0.25, 0.3) is 0 Å². The van der Waals surface area contributed by atoms with Gasteiger partial charge in [-0.1, -0.05) is 6.08 Å². The molecular weight excluding hydrogens is 178 g/mol. The molecule has 1 saturated carbocycles. The Labute approximate surface area is 86.4 Å². The van der Waals surface area contributed by atoms with Crippen LogP contribution in [0.25, 0.3) is 0 Å². The predicted octanol–water partition coefficient (Wildman–Crippen LogP) is 2.83. The van der Waals surface area contributed by atoms with Crippen molar-refractivity contribution < 1.29 is 0 Å². The summed E-state index contributed by atoms with van der Waals surface area (Å²) in [7, 11) is 0. The summed E-state index contributed by atoms with van der Waals surface area (Å²) in [5.74, 6) is 0. The Hall–Kier alpha value is 0.0500. The highest BCUT2D eigenvalue weighted by molar-refractivity contribution is 7.99. The third-order valence-corrected chi connectivity index (χ3v) is 3.83. The lowest BCUT2D eigenvalue weighted by molar-refractivity contribution is 0.518. The largest absolute Gasteiger partial charge is 0.314 e. The number of unbranched alkanes of at least 4 members (excludes halogenated alkanes) is 1. The van der Waals surface area contributed by atoms with Crippen molar-refractivity contribution in [3.05, 3.63) is 12.7 Å². The van der Waals surface area contributed by atoms with Gasteiger partial charge in [-0.3, -0.25) is 0 Å². The number of thioether (sulfide) groups is 1. The van der Waals surface area contributed by atoms with Crippen LogP contribution in [0.1, 0.15) is 32.1 Å². The van der Waals surface area contributed by atoms with Crippen molar-refractivity contribution in [2.24, 2.45) is 0 Å². The number of rotatable bonds is 6. The van der Waals surface area contributed by atoms with E-state index in [4.69, 9.17) is 0 Å². The first-order valence-corrected chi connectivity index (χ1v) is 6.52. The Morgan fingerprint density at radius 1 is 1.54 bits per heavy atom. The number of hydrogen-bond acceptors (Lipinski definition) is 2. The summed E-state index contributed by atoms with van der Waals surface area (Å²) in [6, 6.07) is 0.794. The fourth-order valence-corrected chi connectivity index (χ4v) is 2.69. The molecule has 0 amide bonds. The van der Waals surface area contributed by atoms with Gasteiger partial charge in [-0.25, -0.2) is 0 Å². The molecule has 1 N–H and O–H groups in total. The van der Waals surface area contributed by atoms with Gasteiger partial charge in [-0.05, 0) is 44.9 Å². The van der Waals surface area contributed by atoms with Crippen LogP contribution >= 0.6 is 11.8 Å². The van der Waals surface area contributed by atoms with Crippen LogP contribution in [0.5, 0.6) is 0 Å². The molecule has 0 aromatic heterocycles. The van der Waals surface area contributed by atoms with Crippen molar-refractivity contribution in [3.63, 3.8) is 0 Å². The summed E-state index contributed by atoms with van der Waals surface area (Å²) in [6.07, 6.45) is 10.8. The smallest absolute Gasteiger partial charge is 0.00779 e. The Balaban J connectivity index is 2.00. The van der Waals surface area contributed by atoms with E-state index in [1.165, 1.54) is 25.7 Å². The van der Waals surface area contributed by atoms with E-state index in [0.717, 1.165) is 24.3 Å². The molecule has 1 aliphatic rings. The molecule has 2 atom stereocenters. The van der Waals surface area contributed by atoms with Gasteiger partial charge >= 0.3 is 0 Å².